The van der Waals surface area contributed by atoms with E-state index in [1.54, 1.807) is 29.5 Å². The van der Waals surface area contributed by atoms with Crippen LogP contribution in [0.2, 0.25) is 5.02 Å². The predicted octanol–water partition coefficient (Wildman–Crippen LogP) is 2.69. The molecule has 0 saturated heterocycles. The van der Waals surface area contributed by atoms with E-state index in [2.05, 4.69) is 5.32 Å². The lowest BCUT2D eigenvalue weighted by Gasteiger charge is -2.08. The van der Waals surface area contributed by atoms with Crippen LogP contribution in [0.15, 0.2) is 29.6 Å². The summed E-state index contributed by atoms with van der Waals surface area (Å²) in [5.74, 6) is -0.542. The molecule has 0 bridgehead atoms. The third kappa shape index (κ3) is 2.75. The number of carbonyl (C=O) groups excluding carboxylic acids is 1. The Balaban J connectivity index is 2.13. The van der Waals surface area contributed by atoms with E-state index in [0.29, 0.717) is 17.1 Å². The Morgan fingerprint density at radius 1 is 1.39 bits per heavy atom. The first-order chi connectivity index (χ1) is 8.58. The van der Waals surface area contributed by atoms with Crippen LogP contribution in [-0.2, 0) is 6.54 Å². The standard InChI is InChI=1S/C12H12ClN3OS/c13-9-2-1-7(5-8(9)12(15)17)16-6-11-10(14)3-4-18-11/h1-5,16H,6,14H2,(H2,15,17). The molecule has 18 heavy (non-hydrogen) atoms. The van der Waals surface area contributed by atoms with Gasteiger partial charge in [-0.2, -0.15) is 0 Å². The molecule has 2 rings (SSSR count). The van der Waals surface area contributed by atoms with Crippen molar-refractivity contribution in [2.75, 3.05) is 11.1 Å². The van der Waals surface area contributed by atoms with Crippen LogP contribution in [0, 0.1) is 0 Å². The average Bonchev–Trinajstić information content (AvgIpc) is 2.73. The lowest BCUT2D eigenvalue weighted by molar-refractivity contribution is 0.100. The number of primary amides is 1. The number of anilines is 2. The fourth-order valence-electron chi connectivity index (χ4n) is 1.50. The van der Waals surface area contributed by atoms with Crippen molar-refractivity contribution in [1.29, 1.82) is 0 Å². The number of benzene rings is 1. The number of nitrogens with one attached hydrogen (secondary N) is 1. The quantitative estimate of drug-likeness (QED) is 0.806. The lowest BCUT2D eigenvalue weighted by atomic mass is 10.2. The molecule has 5 N–H and O–H groups in total. The summed E-state index contributed by atoms with van der Waals surface area (Å²) in [6, 6.07) is 6.92. The van der Waals surface area contributed by atoms with Crippen LogP contribution in [0.1, 0.15) is 15.2 Å². The highest BCUT2D eigenvalue weighted by atomic mass is 35.5. The zero-order valence-electron chi connectivity index (χ0n) is 9.44. The van der Waals surface area contributed by atoms with Crippen LogP contribution in [0.25, 0.3) is 0 Å². The molecule has 0 spiro atoms. The fraction of sp³-hybridized carbons (Fsp3) is 0.0833. The van der Waals surface area contributed by atoms with Crippen molar-refractivity contribution in [2.24, 2.45) is 5.73 Å². The van der Waals surface area contributed by atoms with Gasteiger partial charge in [-0.05, 0) is 29.6 Å². The first-order valence-corrected chi connectivity index (χ1v) is 6.49. The molecule has 1 amide bonds. The Morgan fingerprint density at radius 2 is 2.17 bits per heavy atom. The van der Waals surface area contributed by atoms with Gasteiger partial charge in [0.1, 0.15) is 0 Å². The van der Waals surface area contributed by atoms with E-state index >= 15 is 0 Å². The maximum atomic E-state index is 11.2. The summed E-state index contributed by atoms with van der Waals surface area (Å²) in [6.45, 7) is 0.601. The Morgan fingerprint density at radius 3 is 2.78 bits per heavy atom. The number of thiophene rings is 1. The van der Waals surface area contributed by atoms with Crippen molar-refractivity contribution >= 4 is 40.2 Å². The van der Waals surface area contributed by atoms with Crippen LogP contribution >= 0.6 is 22.9 Å². The Bertz CT molecular complexity index is 582. The first kappa shape index (κ1) is 12.7. The maximum absolute atomic E-state index is 11.2. The maximum Gasteiger partial charge on any atom is 0.250 e. The third-order valence-corrected chi connectivity index (χ3v) is 3.73. The van der Waals surface area contributed by atoms with E-state index in [1.165, 1.54) is 0 Å². The minimum atomic E-state index is -0.542. The number of hydrogen-bond donors (Lipinski definition) is 3. The predicted molar refractivity (Wildman–Crippen MR) is 76.0 cm³/mol. The van der Waals surface area contributed by atoms with E-state index in [9.17, 15) is 4.79 Å². The van der Waals surface area contributed by atoms with Gasteiger partial charge in [-0.1, -0.05) is 11.6 Å². The van der Waals surface area contributed by atoms with Crippen LogP contribution in [0.4, 0.5) is 11.4 Å². The molecule has 0 atom stereocenters. The van der Waals surface area contributed by atoms with Crippen LogP contribution < -0.4 is 16.8 Å². The van der Waals surface area contributed by atoms with Gasteiger partial charge < -0.3 is 16.8 Å². The van der Waals surface area contributed by atoms with E-state index in [0.717, 1.165) is 16.3 Å². The zero-order valence-corrected chi connectivity index (χ0v) is 11.0. The normalized spacial score (nSPS) is 10.3. The molecule has 0 fully saturated rings. The second kappa shape index (κ2) is 5.29. The fourth-order valence-corrected chi connectivity index (χ4v) is 2.45. The SMILES string of the molecule is NC(=O)c1cc(NCc2sccc2N)ccc1Cl. The van der Waals surface area contributed by atoms with Crippen molar-refractivity contribution in [3.63, 3.8) is 0 Å². The molecule has 1 heterocycles. The number of nitrogen functional groups attached to an aromatic ring is 1. The van der Waals surface area contributed by atoms with Crippen molar-refractivity contribution in [1.82, 2.24) is 0 Å². The van der Waals surface area contributed by atoms with Gasteiger partial charge in [0.2, 0.25) is 5.91 Å². The monoisotopic (exact) mass is 281 g/mol. The highest BCUT2D eigenvalue weighted by Gasteiger charge is 2.08. The average molecular weight is 282 g/mol. The molecule has 94 valence electrons. The van der Waals surface area contributed by atoms with E-state index in [1.807, 2.05) is 11.4 Å². The molecule has 0 unspecified atom stereocenters. The topological polar surface area (TPSA) is 81.1 Å². The summed E-state index contributed by atoms with van der Waals surface area (Å²) in [4.78, 5) is 12.2. The summed E-state index contributed by atoms with van der Waals surface area (Å²) in [7, 11) is 0. The minimum absolute atomic E-state index is 0.306. The van der Waals surface area contributed by atoms with Gasteiger partial charge in [-0.3, -0.25) is 4.79 Å². The van der Waals surface area contributed by atoms with Gasteiger partial charge in [0, 0.05) is 16.3 Å². The second-order valence-electron chi connectivity index (χ2n) is 3.71. The molecular weight excluding hydrogens is 270 g/mol. The van der Waals surface area contributed by atoms with Crippen molar-refractivity contribution < 1.29 is 4.79 Å². The molecular formula is C12H12ClN3OS. The van der Waals surface area contributed by atoms with E-state index in [-0.39, 0.29) is 0 Å². The number of nitrogens with two attached hydrogens (primary N) is 2. The van der Waals surface area contributed by atoms with Crippen LogP contribution in [0.5, 0.6) is 0 Å². The van der Waals surface area contributed by atoms with Gasteiger partial charge in [-0.25, -0.2) is 0 Å². The number of rotatable bonds is 4. The van der Waals surface area contributed by atoms with Crippen molar-refractivity contribution in [3.8, 4) is 0 Å². The Hall–Kier alpha value is -1.72. The first-order valence-electron chi connectivity index (χ1n) is 5.23. The second-order valence-corrected chi connectivity index (χ2v) is 5.12. The van der Waals surface area contributed by atoms with Crippen molar-refractivity contribution in [2.45, 2.75) is 6.54 Å². The molecule has 0 saturated carbocycles. The Labute approximate surface area is 114 Å². The molecule has 1 aromatic heterocycles. The number of amides is 1. The Kier molecular flexibility index (Phi) is 3.74. The molecule has 0 aliphatic heterocycles. The lowest BCUT2D eigenvalue weighted by Crippen LogP contribution is -2.12. The van der Waals surface area contributed by atoms with Crippen molar-refractivity contribution in [3.05, 3.63) is 45.1 Å². The summed E-state index contributed by atoms with van der Waals surface area (Å²) in [5, 5.41) is 5.46. The molecule has 2 aromatic rings. The smallest absolute Gasteiger partial charge is 0.250 e. The van der Waals surface area contributed by atoms with Gasteiger partial charge >= 0.3 is 0 Å². The third-order valence-electron chi connectivity index (χ3n) is 2.46. The number of hydrogen-bond acceptors (Lipinski definition) is 4. The number of carbonyl (C=O) groups is 1. The number of halogens is 1. The summed E-state index contributed by atoms with van der Waals surface area (Å²) < 4.78 is 0. The molecule has 6 heteroatoms. The van der Waals surface area contributed by atoms with Gasteiger partial charge in [0.05, 0.1) is 17.1 Å². The molecule has 4 nitrogen and oxygen atoms in total. The highest BCUT2D eigenvalue weighted by molar-refractivity contribution is 7.10. The van der Waals surface area contributed by atoms with E-state index < -0.39 is 5.91 Å². The summed E-state index contributed by atoms with van der Waals surface area (Å²) >= 11 is 7.45. The van der Waals surface area contributed by atoms with Crippen LogP contribution in [-0.4, -0.2) is 5.91 Å². The van der Waals surface area contributed by atoms with Gasteiger partial charge in [0.25, 0.3) is 0 Å². The molecule has 1 aromatic carbocycles. The van der Waals surface area contributed by atoms with Gasteiger partial charge in [-0.15, -0.1) is 11.3 Å². The molecule has 0 aliphatic carbocycles. The molecule has 0 aliphatic rings. The van der Waals surface area contributed by atoms with Crippen LogP contribution in [0.3, 0.4) is 0 Å². The molecule has 0 radical (unpaired) electrons. The largest absolute Gasteiger partial charge is 0.398 e. The van der Waals surface area contributed by atoms with Gasteiger partial charge in [0.15, 0.2) is 0 Å². The zero-order chi connectivity index (χ0) is 13.1. The highest BCUT2D eigenvalue weighted by Crippen LogP contribution is 2.23. The van der Waals surface area contributed by atoms with E-state index in [4.69, 9.17) is 23.1 Å². The minimum Gasteiger partial charge on any atom is -0.398 e. The summed E-state index contributed by atoms with van der Waals surface area (Å²) in [6.07, 6.45) is 0. The summed E-state index contributed by atoms with van der Waals surface area (Å²) in [5.41, 5.74) is 12.9.